The summed E-state index contributed by atoms with van der Waals surface area (Å²) in [5, 5.41) is 3.71. The van der Waals surface area contributed by atoms with Gasteiger partial charge in [0.2, 0.25) is 0 Å². The second-order valence-corrected chi connectivity index (χ2v) is 7.26. The Kier molecular flexibility index (Phi) is 5.81. The fraction of sp³-hybridized carbons (Fsp3) is 0.200. The van der Waals surface area contributed by atoms with E-state index >= 15 is 0 Å². The van der Waals surface area contributed by atoms with Crippen molar-refractivity contribution in [3.63, 3.8) is 0 Å². The zero-order chi connectivity index (χ0) is 19.4. The SMILES string of the molecule is CCOC(=O)c1cnc2ccc(F)cc2c1NCc1ccc(S(C)=O)cc1. The summed E-state index contributed by atoms with van der Waals surface area (Å²) >= 11 is 0. The van der Waals surface area contributed by atoms with Gasteiger partial charge in [-0.1, -0.05) is 12.1 Å². The summed E-state index contributed by atoms with van der Waals surface area (Å²) in [6.45, 7) is 2.35. The van der Waals surface area contributed by atoms with Gasteiger partial charge in [-0.05, 0) is 42.8 Å². The molecule has 2 aromatic carbocycles. The number of hydrogen-bond acceptors (Lipinski definition) is 5. The van der Waals surface area contributed by atoms with Crippen LogP contribution in [0.1, 0.15) is 22.8 Å². The predicted octanol–water partition coefficient (Wildman–Crippen LogP) is 3.90. The minimum atomic E-state index is -1.04. The number of esters is 1. The minimum absolute atomic E-state index is 0.231. The van der Waals surface area contributed by atoms with Crippen molar-refractivity contribution in [2.24, 2.45) is 0 Å². The summed E-state index contributed by atoms with van der Waals surface area (Å²) in [5.41, 5.74) is 2.23. The Morgan fingerprint density at radius 1 is 1.22 bits per heavy atom. The van der Waals surface area contributed by atoms with Crippen LogP contribution in [-0.4, -0.2) is 28.0 Å². The van der Waals surface area contributed by atoms with Gasteiger partial charge in [-0.15, -0.1) is 0 Å². The van der Waals surface area contributed by atoms with Gasteiger partial charge in [0.1, 0.15) is 11.4 Å². The van der Waals surface area contributed by atoms with Gasteiger partial charge in [0.25, 0.3) is 0 Å². The van der Waals surface area contributed by atoms with E-state index in [-0.39, 0.29) is 12.2 Å². The number of fused-ring (bicyclic) bond motifs is 1. The van der Waals surface area contributed by atoms with E-state index in [9.17, 15) is 13.4 Å². The highest BCUT2D eigenvalue weighted by Gasteiger charge is 2.17. The topological polar surface area (TPSA) is 68.3 Å². The number of carbonyl (C=O) groups excluding carboxylic acids is 1. The molecule has 1 unspecified atom stereocenters. The molecule has 0 bridgehead atoms. The molecule has 0 saturated heterocycles. The lowest BCUT2D eigenvalue weighted by molar-refractivity contribution is 0.0527. The number of nitrogens with one attached hydrogen (secondary N) is 1. The van der Waals surface area contributed by atoms with Crippen molar-refractivity contribution < 1.29 is 18.1 Å². The number of rotatable bonds is 6. The highest BCUT2D eigenvalue weighted by molar-refractivity contribution is 7.84. The van der Waals surface area contributed by atoms with E-state index in [4.69, 9.17) is 4.74 Å². The molecular weight excluding hydrogens is 367 g/mol. The Morgan fingerprint density at radius 3 is 2.63 bits per heavy atom. The molecule has 0 amide bonds. The van der Waals surface area contributed by atoms with Gasteiger partial charge in [0.15, 0.2) is 0 Å². The highest BCUT2D eigenvalue weighted by atomic mass is 32.2. The van der Waals surface area contributed by atoms with Gasteiger partial charge >= 0.3 is 5.97 Å². The van der Waals surface area contributed by atoms with Crippen molar-refractivity contribution in [1.82, 2.24) is 4.98 Å². The average molecular weight is 386 g/mol. The van der Waals surface area contributed by atoms with Gasteiger partial charge in [0.05, 0.1) is 17.8 Å². The van der Waals surface area contributed by atoms with E-state index in [0.29, 0.717) is 23.1 Å². The van der Waals surface area contributed by atoms with E-state index in [2.05, 4.69) is 10.3 Å². The van der Waals surface area contributed by atoms with Crippen LogP contribution in [0.4, 0.5) is 10.1 Å². The third kappa shape index (κ3) is 4.31. The summed E-state index contributed by atoms with van der Waals surface area (Å²) in [7, 11) is -1.04. The van der Waals surface area contributed by atoms with Gasteiger partial charge < -0.3 is 10.1 Å². The molecule has 0 spiro atoms. The molecular formula is C20H19FN2O3S. The standard InChI is InChI=1S/C20H19FN2O3S/c1-3-26-20(24)17-12-22-18-9-6-14(21)10-16(18)19(17)23-11-13-4-7-15(8-5-13)27(2)25/h4-10,12H,3,11H2,1-2H3,(H,22,23). The monoisotopic (exact) mass is 386 g/mol. The number of halogens is 1. The number of aromatic nitrogens is 1. The normalized spacial score (nSPS) is 12.0. The fourth-order valence-electron chi connectivity index (χ4n) is 2.71. The molecule has 3 aromatic rings. The molecule has 1 heterocycles. The molecule has 27 heavy (non-hydrogen) atoms. The molecule has 0 aliphatic heterocycles. The average Bonchev–Trinajstić information content (AvgIpc) is 2.66. The first-order valence-electron chi connectivity index (χ1n) is 8.41. The lowest BCUT2D eigenvalue weighted by Gasteiger charge is -2.14. The lowest BCUT2D eigenvalue weighted by atomic mass is 10.1. The summed E-state index contributed by atoms with van der Waals surface area (Å²) in [6.07, 6.45) is 3.06. The second kappa shape index (κ2) is 8.26. The van der Waals surface area contributed by atoms with Crippen LogP contribution in [0.2, 0.25) is 0 Å². The molecule has 1 N–H and O–H groups in total. The number of anilines is 1. The Balaban J connectivity index is 1.97. The van der Waals surface area contributed by atoms with Crippen molar-refractivity contribution in [1.29, 1.82) is 0 Å². The van der Waals surface area contributed by atoms with E-state index in [1.54, 1.807) is 31.4 Å². The fourth-order valence-corrected chi connectivity index (χ4v) is 3.23. The van der Waals surface area contributed by atoms with Crippen molar-refractivity contribution in [2.75, 3.05) is 18.2 Å². The van der Waals surface area contributed by atoms with Crippen molar-refractivity contribution in [2.45, 2.75) is 18.4 Å². The summed E-state index contributed by atoms with van der Waals surface area (Å²) in [6, 6.07) is 11.5. The minimum Gasteiger partial charge on any atom is -0.462 e. The van der Waals surface area contributed by atoms with Crippen LogP contribution in [0, 0.1) is 5.82 Å². The quantitative estimate of drug-likeness (QED) is 0.651. The Morgan fingerprint density at radius 2 is 1.96 bits per heavy atom. The third-order valence-electron chi connectivity index (χ3n) is 4.05. The van der Waals surface area contributed by atoms with Crippen LogP contribution in [0.25, 0.3) is 10.9 Å². The van der Waals surface area contributed by atoms with Crippen molar-refractivity contribution >= 4 is 33.4 Å². The number of ether oxygens (including phenoxy) is 1. The Hall–Kier alpha value is -2.80. The lowest BCUT2D eigenvalue weighted by Crippen LogP contribution is -2.11. The molecule has 0 aliphatic carbocycles. The van der Waals surface area contributed by atoms with Crippen LogP contribution in [-0.2, 0) is 22.1 Å². The molecule has 0 radical (unpaired) electrons. The summed E-state index contributed by atoms with van der Waals surface area (Å²) in [5.74, 6) is -0.932. The first-order chi connectivity index (χ1) is 13.0. The number of pyridine rings is 1. The van der Waals surface area contributed by atoms with Crippen LogP contribution in [0.5, 0.6) is 0 Å². The second-order valence-electron chi connectivity index (χ2n) is 5.88. The number of nitrogens with zero attached hydrogens (tertiary/aromatic N) is 1. The maximum absolute atomic E-state index is 13.8. The zero-order valence-corrected chi connectivity index (χ0v) is 15.8. The number of carbonyl (C=O) groups is 1. The van der Waals surface area contributed by atoms with E-state index < -0.39 is 22.6 Å². The predicted molar refractivity (Wildman–Crippen MR) is 104 cm³/mol. The number of benzene rings is 2. The summed E-state index contributed by atoms with van der Waals surface area (Å²) < 4.78 is 30.4. The van der Waals surface area contributed by atoms with Gasteiger partial charge in [-0.25, -0.2) is 9.18 Å². The molecule has 0 aliphatic rings. The van der Waals surface area contributed by atoms with Gasteiger partial charge in [-0.3, -0.25) is 9.19 Å². The van der Waals surface area contributed by atoms with Crippen LogP contribution in [0.3, 0.4) is 0 Å². The van der Waals surface area contributed by atoms with Crippen molar-refractivity contribution in [3.05, 3.63) is 65.6 Å². The smallest absolute Gasteiger partial charge is 0.341 e. The first-order valence-corrected chi connectivity index (χ1v) is 9.97. The highest BCUT2D eigenvalue weighted by Crippen LogP contribution is 2.28. The maximum atomic E-state index is 13.8. The van der Waals surface area contributed by atoms with E-state index in [0.717, 1.165) is 10.5 Å². The molecule has 3 rings (SSSR count). The van der Waals surface area contributed by atoms with E-state index in [1.807, 2.05) is 12.1 Å². The van der Waals surface area contributed by atoms with Gasteiger partial charge in [0, 0.05) is 40.1 Å². The molecule has 1 aromatic heterocycles. The van der Waals surface area contributed by atoms with Crippen LogP contribution < -0.4 is 5.32 Å². The van der Waals surface area contributed by atoms with Gasteiger partial charge in [-0.2, -0.15) is 0 Å². The zero-order valence-electron chi connectivity index (χ0n) is 15.0. The molecule has 140 valence electrons. The van der Waals surface area contributed by atoms with Crippen LogP contribution in [0.15, 0.2) is 53.6 Å². The number of hydrogen-bond donors (Lipinski definition) is 1. The van der Waals surface area contributed by atoms with Crippen LogP contribution >= 0.6 is 0 Å². The molecule has 0 fully saturated rings. The largest absolute Gasteiger partial charge is 0.462 e. The van der Waals surface area contributed by atoms with E-state index in [1.165, 1.54) is 18.3 Å². The Labute approximate surface area is 159 Å². The molecule has 5 nitrogen and oxygen atoms in total. The Bertz CT molecular complexity index is 1010. The molecule has 0 saturated carbocycles. The summed E-state index contributed by atoms with van der Waals surface area (Å²) in [4.78, 5) is 17.3. The molecule has 1 atom stereocenters. The van der Waals surface area contributed by atoms with Crippen molar-refractivity contribution in [3.8, 4) is 0 Å². The maximum Gasteiger partial charge on any atom is 0.341 e. The first kappa shape index (κ1) is 19.0. The molecule has 7 heteroatoms. The third-order valence-corrected chi connectivity index (χ3v) is 4.99.